The molecule has 0 bridgehead atoms. The summed E-state index contributed by atoms with van der Waals surface area (Å²) in [6.45, 7) is 6.24. The van der Waals surface area contributed by atoms with Crippen molar-refractivity contribution in [2.75, 3.05) is 32.7 Å². The van der Waals surface area contributed by atoms with Crippen molar-refractivity contribution in [2.45, 2.75) is 26.3 Å². The maximum Gasteiger partial charge on any atom is 0.236 e. The number of carbonyl (C=O) groups excluding carboxylic acids is 1. The summed E-state index contributed by atoms with van der Waals surface area (Å²) in [5.41, 5.74) is 0.853. The zero-order valence-corrected chi connectivity index (χ0v) is 15.7. The number of rotatable bonds is 7. The second-order valence-corrected chi connectivity index (χ2v) is 8.13. The third-order valence-electron chi connectivity index (χ3n) is 4.31. The van der Waals surface area contributed by atoms with E-state index in [9.17, 15) is 13.2 Å². The van der Waals surface area contributed by atoms with Crippen molar-refractivity contribution in [1.82, 2.24) is 14.5 Å². The quantitative estimate of drug-likeness (QED) is 0.795. The van der Waals surface area contributed by atoms with Gasteiger partial charge in [-0.15, -0.1) is 0 Å². The van der Waals surface area contributed by atoms with Gasteiger partial charge >= 0.3 is 0 Å². The Balaban J connectivity index is 1.84. The number of sulfonamides is 1. The lowest BCUT2D eigenvalue weighted by Gasteiger charge is -2.33. The van der Waals surface area contributed by atoms with E-state index >= 15 is 0 Å². The topological polar surface area (TPSA) is 69.7 Å². The molecule has 138 valence electrons. The molecule has 1 aromatic rings. The van der Waals surface area contributed by atoms with Gasteiger partial charge in [0.05, 0.1) is 6.54 Å². The number of hydrogen-bond acceptors (Lipinski definition) is 4. The Bertz CT molecular complexity index is 681. The average molecular weight is 365 g/mol. The molecule has 1 aliphatic rings. The summed E-state index contributed by atoms with van der Waals surface area (Å²) in [7, 11) is -3.43. The van der Waals surface area contributed by atoms with Gasteiger partial charge < -0.3 is 5.32 Å². The van der Waals surface area contributed by atoms with Crippen LogP contribution in [-0.2, 0) is 14.8 Å². The van der Waals surface area contributed by atoms with E-state index in [-0.39, 0.29) is 11.9 Å². The van der Waals surface area contributed by atoms with E-state index in [1.807, 2.05) is 49.1 Å². The van der Waals surface area contributed by atoms with E-state index in [0.29, 0.717) is 32.7 Å². The zero-order chi connectivity index (χ0) is 18.3. The number of piperazine rings is 1. The summed E-state index contributed by atoms with van der Waals surface area (Å²) in [5, 5.41) is 4.19. The molecule has 1 unspecified atom stereocenters. The summed E-state index contributed by atoms with van der Waals surface area (Å²) in [6.07, 6.45) is 2.51. The number of amides is 1. The largest absolute Gasteiger partial charge is 0.353 e. The second kappa shape index (κ2) is 9.12. The van der Waals surface area contributed by atoms with Gasteiger partial charge in [0.15, 0.2) is 0 Å². The van der Waals surface area contributed by atoms with Gasteiger partial charge in [-0.1, -0.05) is 37.3 Å². The van der Waals surface area contributed by atoms with E-state index in [1.165, 1.54) is 9.71 Å². The van der Waals surface area contributed by atoms with Gasteiger partial charge in [-0.05, 0) is 25.0 Å². The monoisotopic (exact) mass is 365 g/mol. The van der Waals surface area contributed by atoms with Gasteiger partial charge in [0.1, 0.15) is 0 Å². The molecule has 6 nitrogen and oxygen atoms in total. The first-order valence-electron chi connectivity index (χ1n) is 8.65. The van der Waals surface area contributed by atoms with Crippen molar-refractivity contribution in [2.24, 2.45) is 0 Å². The predicted molar refractivity (Wildman–Crippen MR) is 100 cm³/mol. The highest BCUT2D eigenvalue weighted by Gasteiger charge is 2.26. The van der Waals surface area contributed by atoms with E-state index in [0.717, 1.165) is 12.0 Å². The molecule has 25 heavy (non-hydrogen) atoms. The molecule has 1 amide bonds. The van der Waals surface area contributed by atoms with Crippen molar-refractivity contribution in [1.29, 1.82) is 0 Å². The van der Waals surface area contributed by atoms with Crippen molar-refractivity contribution in [3.8, 4) is 0 Å². The van der Waals surface area contributed by atoms with Gasteiger partial charge in [-0.25, -0.2) is 8.42 Å². The molecule has 1 aromatic carbocycles. The highest BCUT2D eigenvalue weighted by atomic mass is 32.2. The molecule has 0 saturated carbocycles. The number of hydrogen-bond donors (Lipinski definition) is 1. The van der Waals surface area contributed by atoms with E-state index in [1.54, 1.807) is 6.08 Å². The molecule has 0 aliphatic carbocycles. The summed E-state index contributed by atoms with van der Waals surface area (Å²) in [6, 6.07) is 9.52. The molecular formula is C18H27N3O3S. The van der Waals surface area contributed by atoms with Crippen molar-refractivity contribution >= 4 is 22.0 Å². The van der Waals surface area contributed by atoms with Gasteiger partial charge in [0.25, 0.3) is 0 Å². The highest BCUT2D eigenvalue weighted by molar-refractivity contribution is 7.92. The molecule has 7 heteroatoms. The van der Waals surface area contributed by atoms with Crippen LogP contribution in [0, 0.1) is 0 Å². The number of nitrogens with one attached hydrogen (secondary N) is 1. The maximum absolute atomic E-state index is 12.4. The predicted octanol–water partition coefficient (Wildman–Crippen LogP) is 1.52. The van der Waals surface area contributed by atoms with Crippen LogP contribution in [0.4, 0.5) is 0 Å². The molecule has 1 saturated heterocycles. The van der Waals surface area contributed by atoms with Crippen LogP contribution < -0.4 is 5.32 Å². The van der Waals surface area contributed by atoms with Gasteiger partial charge in [0, 0.05) is 37.6 Å². The molecular weight excluding hydrogens is 338 g/mol. The molecule has 0 spiro atoms. The fourth-order valence-electron chi connectivity index (χ4n) is 2.58. The molecule has 0 radical (unpaired) electrons. The Kier molecular flexibility index (Phi) is 7.16. The number of carbonyl (C=O) groups is 1. The van der Waals surface area contributed by atoms with Crippen LogP contribution in [-0.4, -0.2) is 62.3 Å². The first-order valence-corrected chi connectivity index (χ1v) is 10.2. The SMILES string of the molecule is CCC(C)NC(=O)CN1CCN(S(=O)(=O)/C=C/c2ccccc2)CC1. The Labute approximate surface area is 150 Å². The lowest BCUT2D eigenvalue weighted by Crippen LogP contribution is -2.51. The van der Waals surface area contributed by atoms with E-state index in [4.69, 9.17) is 0 Å². The minimum atomic E-state index is -3.43. The number of benzene rings is 1. The zero-order valence-electron chi connectivity index (χ0n) is 14.9. The minimum Gasteiger partial charge on any atom is -0.353 e. The Morgan fingerprint density at radius 1 is 1.20 bits per heavy atom. The Morgan fingerprint density at radius 2 is 1.84 bits per heavy atom. The fourth-order valence-corrected chi connectivity index (χ4v) is 3.76. The molecule has 1 aliphatic heterocycles. The van der Waals surface area contributed by atoms with E-state index in [2.05, 4.69) is 5.32 Å². The van der Waals surface area contributed by atoms with Crippen LogP contribution in [0.25, 0.3) is 6.08 Å². The molecule has 1 N–H and O–H groups in total. The summed E-state index contributed by atoms with van der Waals surface area (Å²) in [4.78, 5) is 13.9. The van der Waals surface area contributed by atoms with Gasteiger partial charge in [0.2, 0.25) is 15.9 Å². The van der Waals surface area contributed by atoms with Crippen LogP contribution in [0.5, 0.6) is 0 Å². The van der Waals surface area contributed by atoms with Crippen LogP contribution in [0.2, 0.25) is 0 Å². The molecule has 1 heterocycles. The number of nitrogens with zero attached hydrogens (tertiary/aromatic N) is 2. The molecule has 2 rings (SSSR count). The Morgan fingerprint density at radius 3 is 2.44 bits per heavy atom. The summed E-state index contributed by atoms with van der Waals surface area (Å²) >= 11 is 0. The Hall–Kier alpha value is -1.70. The average Bonchev–Trinajstić information content (AvgIpc) is 2.61. The van der Waals surface area contributed by atoms with Crippen molar-refractivity contribution in [3.05, 3.63) is 41.3 Å². The fraction of sp³-hybridized carbons (Fsp3) is 0.500. The first kappa shape index (κ1) is 19.6. The van der Waals surface area contributed by atoms with Crippen molar-refractivity contribution < 1.29 is 13.2 Å². The molecule has 0 aromatic heterocycles. The minimum absolute atomic E-state index is 0.00497. The third kappa shape index (κ3) is 6.26. The third-order valence-corrected chi connectivity index (χ3v) is 5.88. The molecule has 1 atom stereocenters. The summed E-state index contributed by atoms with van der Waals surface area (Å²) in [5.74, 6) is -0.00497. The highest BCUT2D eigenvalue weighted by Crippen LogP contribution is 2.11. The first-order chi connectivity index (χ1) is 11.9. The lowest BCUT2D eigenvalue weighted by molar-refractivity contribution is -0.123. The van der Waals surface area contributed by atoms with E-state index < -0.39 is 10.0 Å². The van der Waals surface area contributed by atoms with Gasteiger partial charge in [-0.2, -0.15) is 4.31 Å². The standard InChI is InChI=1S/C18H27N3O3S/c1-3-16(2)19-18(22)15-20-10-12-21(13-11-20)25(23,24)14-9-17-7-5-4-6-8-17/h4-9,14,16H,3,10-13,15H2,1-2H3,(H,19,22)/b14-9+. The van der Waals surface area contributed by atoms with Gasteiger partial charge in [-0.3, -0.25) is 9.69 Å². The smallest absolute Gasteiger partial charge is 0.236 e. The second-order valence-electron chi connectivity index (χ2n) is 6.31. The lowest BCUT2D eigenvalue weighted by atomic mass is 10.2. The summed E-state index contributed by atoms with van der Waals surface area (Å²) < 4.78 is 26.3. The van der Waals surface area contributed by atoms with Crippen LogP contribution in [0.15, 0.2) is 35.7 Å². The maximum atomic E-state index is 12.4. The van der Waals surface area contributed by atoms with Crippen LogP contribution in [0.1, 0.15) is 25.8 Å². The van der Waals surface area contributed by atoms with Crippen LogP contribution >= 0.6 is 0 Å². The van der Waals surface area contributed by atoms with Crippen molar-refractivity contribution in [3.63, 3.8) is 0 Å². The van der Waals surface area contributed by atoms with Crippen LogP contribution in [0.3, 0.4) is 0 Å². The molecule has 1 fully saturated rings. The normalized spacial score (nSPS) is 18.3.